The van der Waals surface area contributed by atoms with Crippen LogP contribution >= 0.6 is 0 Å². The molecule has 1 N–H and O–H groups in total. The topological polar surface area (TPSA) is 81.0 Å². The standard InChI is InChI=1S/C18H18N2O5/c21-17-6-4-14(18(22)19-9-13-2-1-7-23-13)20(17)10-12-3-5-15-16(8-12)25-11-24-15/h1-3,5,7-8,14H,4,6,9-11H2,(H,19,22)/t14-/m0/s1. The molecule has 1 saturated heterocycles. The fourth-order valence-electron chi connectivity index (χ4n) is 3.15. The van der Waals surface area contributed by atoms with Crippen molar-refractivity contribution in [2.45, 2.75) is 32.0 Å². The summed E-state index contributed by atoms with van der Waals surface area (Å²) in [6, 6.07) is 8.66. The molecule has 1 aromatic heterocycles. The van der Waals surface area contributed by atoms with E-state index in [-0.39, 0.29) is 18.6 Å². The van der Waals surface area contributed by atoms with Crippen LogP contribution in [0.1, 0.15) is 24.2 Å². The highest BCUT2D eigenvalue weighted by Crippen LogP contribution is 2.33. The van der Waals surface area contributed by atoms with E-state index < -0.39 is 6.04 Å². The first kappa shape index (κ1) is 15.6. The molecule has 0 saturated carbocycles. The Labute approximate surface area is 144 Å². The van der Waals surface area contributed by atoms with Crippen LogP contribution in [0.25, 0.3) is 0 Å². The first-order valence-corrected chi connectivity index (χ1v) is 8.19. The molecule has 0 bridgehead atoms. The van der Waals surface area contributed by atoms with Gasteiger partial charge in [-0.15, -0.1) is 0 Å². The summed E-state index contributed by atoms with van der Waals surface area (Å²) in [5.74, 6) is 1.87. The Bertz CT molecular complexity index is 787. The summed E-state index contributed by atoms with van der Waals surface area (Å²) in [4.78, 5) is 26.3. The van der Waals surface area contributed by atoms with Gasteiger partial charge < -0.3 is 24.1 Å². The number of benzene rings is 1. The molecule has 1 atom stereocenters. The second kappa shape index (κ2) is 6.51. The Morgan fingerprint density at radius 1 is 1.24 bits per heavy atom. The lowest BCUT2D eigenvalue weighted by molar-refractivity contribution is -0.135. The van der Waals surface area contributed by atoms with Gasteiger partial charge >= 0.3 is 0 Å². The minimum Gasteiger partial charge on any atom is -0.467 e. The maximum absolute atomic E-state index is 12.5. The van der Waals surface area contributed by atoms with Gasteiger partial charge in [0, 0.05) is 13.0 Å². The molecule has 2 aliphatic rings. The number of nitrogens with one attached hydrogen (secondary N) is 1. The van der Waals surface area contributed by atoms with Crippen molar-refractivity contribution in [1.29, 1.82) is 0 Å². The highest BCUT2D eigenvalue weighted by molar-refractivity contribution is 5.90. The normalized spacial score (nSPS) is 18.6. The summed E-state index contributed by atoms with van der Waals surface area (Å²) in [5.41, 5.74) is 0.906. The van der Waals surface area contributed by atoms with Gasteiger partial charge in [0.05, 0.1) is 12.8 Å². The zero-order valence-corrected chi connectivity index (χ0v) is 13.6. The van der Waals surface area contributed by atoms with E-state index in [1.807, 2.05) is 18.2 Å². The molecule has 3 heterocycles. The van der Waals surface area contributed by atoms with Crippen LogP contribution in [0.3, 0.4) is 0 Å². The van der Waals surface area contributed by atoms with Gasteiger partial charge in [0.1, 0.15) is 11.8 Å². The van der Waals surface area contributed by atoms with E-state index in [0.717, 1.165) is 5.56 Å². The molecule has 25 heavy (non-hydrogen) atoms. The van der Waals surface area contributed by atoms with Gasteiger partial charge in [0.25, 0.3) is 0 Å². The molecule has 0 radical (unpaired) electrons. The molecule has 7 nitrogen and oxygen atoms in total. The first-order chi connectivity index (χ1) is 12.2. The van der Waals surface area contributed by atoms with Gasteiger partial charge in [-0.05, 0) is 36.2 Å². The third kappa shape index (κ3) is 3.17. The predicted octanol–water partition coefficient (Wildman–Crippen LogP) is 1.82. The van der Waals surface area contributed by atoms with Gasteiger partial charge in [-0.3, -0.25) is 9.59 Å². The van der Waals surface area contributed by atoms with Crippen LogP contribution in [-0.4, -0.2) is 29.5 Å². The molecule has 2 aliphatic heterocycles. The molecule has 4 rings (SSSR count). The molecular weight excluding hydrogens is 324 g/mol. The van der Waals surface area contributed by atoms with Crippen molar-refractivity contribution in [3.63, 3.8) is 0 Å². The number of likely N-dealkylation sites (tertiary alicyclic amines) is 1. The molecule has 0 aliphatic carbocycles. The molecule has 0 unspecified atom stereocenters. The smallest absolute Gasteiger partial charge is 0.243 e. The van der Waals surface area contributed by atoms with Crippen molar-refractivity contribution in [1.82, 2.24) is 10.2 Å². The van der Waals surface area contributed by atoms with Crippen molar-refractivity contribution in [3.05, 3.63) is 47.9 Å². The van der Waals surface area contributed by atoms with Crippen molar-refractivity contribution in [3.8, 4) is 11.5 Å². The summed E-state index contributed by atoms with van der Waals surface area (Å²) in [5, 5.41) is 2.83. The average Bonchev–Trinajstić information content (AvgIpc) is 3.35. The SMILES string of the molecule is O=C(NCc1ccco1)[C@@H]1CCC(=O)N1Cc1ccc2c(c1)OCO2. The lowest BCUT2D eigenvalue weighted by Crippen LogP contribution is -2.44. The quantitative estimate of drug-likeness (QED) is 0.896. The van der Waals surface area contributed by atoms with Crippen molar-refractivity contribution >= 4 is 11.8 Å². The van der Waals surface area contributed by atoms with E-state index in [2.05, 4.69) is 5.32 Å². The third-order valence-electron chi connectivity index (χ3n) is 4.44. The largest absolute Gasteiger partial charge is 0.467 e. The van der Waals surface area contributed by atoms with Crippen LogP contribution in [-0.2, 0) is 22.7 Å². The number of carbonyl (C=O) groups is 2. The molecule has 2 amide bonds. The van der Waals surface area contributed by atoms with E-state index in [1.165, 1.54) is 0 Å². The van der Waals surface area contributed by atoms with Gasteiger partial charge in [0.2, 0.25) is 18.6 Å². The number of nitrogens with zero attached hydrogens (tertiary/aromatic N) is 1. The Kier molecular flexibility index (Phi) is 4.05. The Hall–Kier alpha value is -2.96. The number of ether oxygens (including phenoxy) is 2. The first-order valence-electron chi connectivity index (χ1n) is 8.19. The third-order valence-corrected chi connectivity index (χ3v) is 4.44. The summed E-state index contributed by atoms with van der Waals surface area (Å²) < 4.78 is 15.9. The van der Waals surface area contributed by atoms with Crippen LogP contribution in [0.4, 0.5) is 0 Å². The van der Waals surface area contributed by atoms with Gasteiger partial charge in [-0.1, -0.05) is 6.07 Å². The molecular formula is C18H18N2O5. The molecule has 7 heteroatoms. The van der Waals surface area contributed by atoms with Crippen molar-refractivity contribution in [2.75, 3.05) is 6.79 Å². The number of furan rings is 1. The zero-order valence-electron chi connectivity index (χ0n) is 13.6. The van der Waals surface area contributed by atoms with Crippen molar-refractivity contribution < 1.29 is 23.5 Å². The Balaban J connectivity index is 1.43. The highest BCUT2D eigenvalue weighted by atomic mass is 16.7. The van der Waals surface area contributed by atoms with Crippen LogP contribution in [0, 0.1) is 0 Å². The maximum Gasteiger partial charge on any atom is 0.243 e. The van der Waals surface area contributed by atoms with E-state index in [4.69, 9.17) is 13.9 Å². The summed E-state index contributed by atoms with van der Waals surface area (Å²) >= 11 is 0. The second-order valence-electron chi connectivity index (χ2n) is 6.06. The zero-order chi connectivity index (χ0) is 17.2. The lowest BCUT2D eigenvalue weighted by Gasteiger charge is -2.24. The summed E-state index contributed by atoms with van der Waals surface area (Å²) in [6.45, 7) is 0.891. The number of carbonyl (C=O) groups excluding carboxylic acids is 2. The lowest BCUT2D eigenvalue weighted by atomic mass is 10.1. The van der Waals surface area contributed by atoms with Crippen LogP contribution in [0.5, 0.6) is 11.5 Å². The van der Waals surface area contributed by atoms with Crippen LogP contribution in [0.15, 0.2) is 41.0 Å². The number of hydrogen-bond donors (Lipinski definition) is 1. The summed E-state index contributed by atoms with van der Waals surface area (Å²) in [7, 11) is 0. The van der Waals surface area contributed by atoms with Gasteiger partial charge in [0.15, 0.2) is 11.5 Å². The Morgan fingerprint density at radius 2 is 2.12 bits per heavy atom. The number of fused-ring (bicyclic) bond motifs is 1. The van der Waals surface area contributed by atoms with E-state index >= 15 is 0 Å². The monoisotopic (exact) mass is 342 g/mol. The molecule has 0 spiro atoms. The van der Waals surface area contributed by atoms with Crippen LogP contribution < -0.4 is 14.8 Å². The fourth-order valence-corrected chi connectivity index (χ4v) is 3.15. The van der Waals surface area contributed by atoms with E-state index in [1.54, 1.807) is 23.3 Å². The average molecular weight is 342 g/mol. The van der Waals surface area contributed by atoms with Crippen LogP contribution in [0.2, 0.25) is 0 Å². The van der Waals surface area contributed by atoms with E-state index in [9.17, 15) is 9.59 Å². The number of rotatable bonds is 5. The molecule has 130 valence electrons. The van der Waals surface area contributed by atoms with E-state index in [0.29, 0.717) is 43.2 Å². The number of amides is 2. The molecule has 1 fully saturated rings. The maximum atomic E-state index is 12.5. The fraction of sp³-hybridized carbons (Fsp3) is 0.333. The number of hydrogen-bond acceptors (Lipinski definition) is 5. The van der Waals surface area contributed by atoms with Gasteiger partial charge in [-0.2, -0.15) is 0 Å². The minimum absolute atomic E-state index is 0.0178. The highest BCUT2D eigenvalue weighted by Gasteiger charge is 2.36. The summed E-state index contributed by atoms with van der Waals surface area (Å²) in [6.07, 6.45) is 2.46. The predicted molar refractivity (Wildman–Crippen MR) is 86.7 cm³/mol. The minimum atomic E-state index is -0.465. The van der Waals surface area contributed by atoms with Gasteiger partial charge in [-0.25, -0.2) is 0 Å². The molecule has 1 aromatic carbocycles. The molecule has 2 aromatic rings. The Morgan fingerprint density at radius 3 is 2.96 bits per heavy atom. The second-order valence-corrected chi connectivity index (χ2v) is 6.06. The van der Waals surface area contributed by atoms with Crippen molar-refractivity contribution in [2.24, 2.45) is 0 Å².